The van der Waals surface area contributed by atoms with Gasteiger partial charge in [-0.1, -0.05) is 41.7 Å². The summed E-state index contributed by atoms with van der Waals surface area (Å²) in [5.74, 6) is 0.544. The van der Waals surface area contributed by atoms with E-state index in [2.05, 4.69) is 45.9 Å². The van der Waals surface area contributed by atoms with Gasteiger partial charge < -0.3 is 4.74 Å². The zero-order valence-electron chi connectivity index (χ0n) is 16.2. The van der Waals surface area contributed by atoms with E-state index in [1.807, 2.05) is 0 Å². The van der Waals surface area contributed by atoms with Crippen LogP contribution in [0.3, 0.4) is 0 Å². The molecule has 0 aromatic rings. The normalized spacial score (nSPS) is 16.3. The molecule has 0 aromatic heterocycles. The van der Waals surface area contributed by atoms with Crippen molar-refractivity contribution in [2.24, 2.45) is 5.92 Å². The van der Waals surface area contributed by atoms with Crippen LogP contribution in [0, 0.1) is 5.92 Å². The summed E-state index contributed by atoms with van der Waals surface area (Å²) < 4.78 is 5.34. The van der Waals surface area contributed by atoms with Crippen LogP contribution in [0.5, 0.6) is 0 Å². The molecule has 0 aliphatic heterocycles. The first-order valence-electron chi connectivity index (χ1n) is 9.57. The lowest BCUT2D eigenvalue weighted by Crippen LogP contribution is -2.09. The summed E-state index contributed by atoms with van der Waals surface area (Å²) in [5.41, 5.74) is 4.16. The van der Waals surface area contributed by atoms with Crippen molar-refractivity contribution in [2.45, 2.75) is 85.5 Å². The molecular weight excluding hydrogens is 296 g/mol. The SMILES string of the molecule is CC(C)=CCC/C(C)=C/CC/C(C)=C/COC(=O)CC1CCCC1. The highest BCUT2D eigenvalue weighted by atomic mass is 16.5. The average Bonchev–Trinajstić information content (AvgIpc) is 2.99. The molecule has 0 N–H and O–H groups in total. The Morgan fingerprint density at radius 3 is 2.12 bits per heavy atom. The van der Waals surface area contributed by atoms with E-state index in [9.17, 15) is 4.79 Å². The Morgan fingerprint density at radius 1 is 0.917 bits per heavy atom. The van der Waals surface area contributed by atoms with E-state index in [4.69, 9.17) is 4.74 Å². The fourth-order valence-corrected chi connectivity index (χ4v) is 3.12. The molecule has 0 bridgehead atoms. The minimum atomic E-state index is -0.0269. The summed E-state index contributed by atoms with van der Waals surface area (Å²) in [7, 11) is 0. The molecule has 24 heavy (non-hydrogen) atoms. The van der Waals surface area contributed by atoms with Crippen LogP contribution in [0.25, 0.3) is 0 Å². The topological polar surface area (TPSA) is 26.3 Å². The van der Waals surface area contributed by atoms with Gasteiger partial charge in [-0.15, -0.1) is 0 Å². The van der Waals surface area contributed by atoms with Crippen LogP contribution in [0.2, 0.25) is 0 Å². The van der Waals surface area contributed by atoms with E-state index in [1.54, 1.807) is 0 Å². The van der Waals surface area contributed by atoms with Gasteiger partial charge in [0, 0.05) is 6.42 Å². The smallest absolute Gasteiger partial charge is 0.306 e. The van der Waals surface area contributed by atoms with Crippen LogP contribution in [-0.4, -0.2) is 12.6 Å². The fourth-order valence-electron chi connectivity index (χ4n) is 3.12. The second kappa shape index (κ2) is 12.1. The molecule has 0 saturated heterocycles. The predicted octanol–water partition coefficient (Wildman–Crippen LogP) is 6.53. The molecule has 1 saturated carbocycles. The quantitative estimate of drug-likeness (QED) is 0.336. The van der Waals surface area contributed by atoms with E-state index in [1.165, 1.54) is 42.4 Å². The molecule has 1 fully saturated rings. The van der Waals surface area contributed by atoms with Gasteiger partial charge in [-0.05, 0) is 78.2 Å². The molecule has 0 spiro atoms. The van der Waals surface area contributed by atoms with E-state index in [0.717, 1.165) is 25.7 Å². The summed E-state index contributed by atoms with van der Waals surface area (Å²) in [6.45, 7) is 9.06. The minimum absolute atomic E-state index is 0.0269. The van der Waals surface area contributed by atoms with Crippen molar-refractivity contribution in [3.63, 3.8) is 0 Å². The zero-order valence-corrected chi connectivity index (χ0v) is 16.2. The van der Waals surface area contributed by atoms with Crippen molar-refractivity contribution in [3.8, 4) is 0 Å². The second-order valence-electron chi connectivity index (χ2n) is 7.50. The molecule has 1 aliphatic carbocycles. The molecule has 0 amide bonds. The van der Waals surface area contributed by atoms with Crippen LogP contribution in [0.4, 0.5) is 0 Å². The lowest BCUT2D eigenvalue weighted by atomic mass is 10.0. The average molecular weight is 333 g/mol. The first-order valence-corrected chi connectivity index (χ1v) is 9.57. The van der Waals surface area contributed by atoms with Crippen LogP contribution < -0.4 is 0 Å². The molecule has 2 heteroatoms. The lowest BCUT2D eigenvalue weighted by Gasteiger charge is -2.08. The predicted molar refractivity (Wildman–Crippen MR) is 103 cm³/mol. The van der Waals surface area contributed by atoms with Gasteiger partial charge in [-0.2, -0.15) is 0 Å². The maximum atomic E-state index is 11.8. The third-order valence-electron chi connectivity index (χ3n) is 4.73. The number of rotatable bonds is 10. The number of esters is 1. The Bertz CT molecular complexity index is 458. The van der Waals surface area contributed by atoms with Gasteiger partial charge in [-0.25, -0.2) is 0 Å². The van der Waals surface area contributed by atoms with E-state index in [-0.39, 0.29) is 5.97 Å². The standard InChI is InChI=1S/C22H36O2/c1-18(2)9-7-10-19(3)11-8-12-20(4)15-16-24-22(23)17-21-13-5-6-14-21/h9,11,15,21H,5-8,10,12-14,16-17H2,1-4H3/b19-11+,20-15+. The monoisotopic (exact) mass is 332 g/mol. The van der Waals surface area contributed by atoms with E-state index in [0.29, 0.717) is 18.9 Å². The van der Waals surface area contributed by atoms with Crippen molar-refractivity contribution in [1.29, 1.82) is 0 Å². The highest BCUT2D eigenvalue weighted by Gasteiger charge is 2.18. The Hall–Kier alpha value is -1.31. The number of ether oxygens (including phenoxy) is 1. The highest BCUT2D eigenvalue weighted by Crippen LogP contribution is 2.27. The third kappa shape index (κ3) is 10.5. The van der Waals surface area contributed by atoms with Crippen molar-refractivity contribution in [3.05, 3.63) is 34.9 Å². The molecule has 0 radical (unpaired) electrons. The Labute approximate surface area is 149 Å². The number of carbonyl (C=O) groups excluding carboxylic acids is 1. The lowest BCUT2D eigenvalue weighted by molar-refractivity contribution is -0.143. The third-order valence-corrected chi connectivity index (χ3v) is 4.73. The van der Waals surface area contributed by atoms with Crippen molar-refractivity contribution < 1.29 is 9.53 Å². The molecule has 2 nitrogen and oxygen atoms in total. The summed E-state index contributed by atoms with van der Waals surface area (Å²) in [4.78, 5) is 11.8. The molecular formula is C22H36O2. The maximum Gasteiger partial charge on any atom is 0.306 e. The van der Waals surface area contributed by atoms with Gasteiger partial charge >= 0.3 is 5.97 Å². The van der Waals surface area contributed by atoms with Crippen LogP contribution in [-0.2, 0) is 9.53 Å². The molecule has 1 aliphatic rings. The summed E-state index contributed by atoms with van der Waals surface area (Å²) >= 11 is 0. The van der Waals surface area contributed by atoms with Gasteiger partial charge in [0.1, 0.15) is 6.61 Å². The summed E-state index contributed by atoms with van der Waals surface area (Å²) in [5, 5.41) is 0. The van der Waals surface area contributed by atoms with Crippen molar-refractivity contribution in [2.75, 3.05) is 6.61 Å². The molecule has 0 aromatic carbocycles. The largest absolute Gasteiger partial charge is 0.461 e. The fraction of sp³-hybridized carbons (Fsp3) is 0.682. The number of hydrogen-bond acceptors (Lipinski definition) is 2. The second-order valence-corrected chi connectivity index (χ2v) is 7.50. The maximum absolute atomic E-state index is 11.8. The van der Waals surface area contributed by atoms with Gasteiger partial charge in [-0.3, -0.25) is 4.79 Å². The minimum Gasteiger partial charge on any atom is -0.461 e. The van der Waals surface area contributed by atoms with E-state index < -0.39 is 0 Å². The number of allylic oxidation sites excluding steroid dienone is 5. The summed E-state index contributed by atoms with van der Waals surface area (Å²) in [6, 6.07) is 0. The van der Waals surface area contributed by atoms with Gasteiger partial charge in [0.05, 0.1) is 0 Å². The van der Waals surface area contributed by atoms with E-state index >= 15 is 0 Å². The Kier molecular flexibility index (Phi) is 10.5. The highest BCUT2D eigenvalue weighted by molar-refractivity contribution is 5.69. The van der Waals surface area contributed by atoms with Gasteiger partial charge in [0.15, 0.2) is 0 Å². The molecule has 0 unspecified atom stereocenters. The molecule has 136 valence electrons. The number of hydrogen-bond donors (Lipinski definition) is 0. The van der Waals surface area contributed by atoms with Crippen molar-refractivity contribution in [1.82, 2.24) is 0 Å². The first-order chi connectivity index (χ1) is 11.5. The van der Waals surface area contributed by atoms with Gasteiger partial charge in [0.25, 0.3) is 0 Å². The van der Waals surface area contributed by atoms with Crippen LogP contribution in [0.1, 0.15) is 85.5 Å². The molecule has 1 rings (SSSR count). The number of carbonyl (C=O) groups is 1. The van der Waals surface area contributed by atoms with Crippen molar-refractivity contribution >= 4 is 5.97 Å². The van der Waals surface area contributed by atoms with Crippen LogP contribution in [0.15, 0.2) is 34.9 Å². The first kappa shape index (κ1) is 20.7. The molecule has 0 atom stereocenters. The molecule has 0 heterocycles. The Balaban J connectivity index is 2.14. The van der Waals surface area contributed by atoms with Gasteiger partial charge in [0.2, 0.25) is 0 Å². The van der Waals surface area contributed by atoms with Crippen LogP contribution >= 0.6 is 0 Å². The summed E-state index contributed by atoms with van der Waals surface area (Å²) in [6.07, 6.45) is 16.6. The Morgan fingerprint density at radius 2 is 1.50 bits per heavy atom. The zero-order chi connectivity index (χ0) is 17.8.